The fraction of sp³-hybridized carbons (Fsp3) is 0.786. The summed E-state index contributed by atoms with van der Waals surface area (Å²) in [5, 5.41) is 2.91. The van der Waals surface area contributed by atoms with Gasteiger partial charge < -0.3 is 15.0 Å². The molecule has 2 heterocycles. The predicted octanol–water partition coefficient (Wildman–Crippen LogP) is 0.701. The summed E-state index contributed by atoms with van der Waals surface area (Å²) in [6.45, 7) is 5.99. The highest BCUT2D eigenvalue weighted by molar-refractivity contribution is 6.00. The van der Waals surface area contributed by atoms with Crippen LogP contribution in [0.2, 0.25) is 0 Å². The highest BCUT2D eigenvalue weighted by Crippen LogP contribution is 2.50. The minimum Gasteiger partial charge on any atom is -0.444 e. The maximum Gasteiger partial charge on any atom is 0.410 e. The van der Waals surface area contributed by atoms with Gasteiger partial charge in [-0.3, -0.25) is 9.59 Å². The molecule has 1 saturated carbocycles. The van der Waals surface area contributed by atoms with Crippen molar-refractivity contribution in [3.05, 3.63) is 0 Å². The maximum absolute atomic E-state index is 12.3. The normalized spacial score (nSPS) is 35.9. The lowest BCUT2D eigenvalue weighted by molar-refractivity contribution is -0.130. The van der Waals surface area contributed by atoms with Gasteiger partial charge in [0.15, 0.2) is 0 Å². The first kappa shape index (κ1) is 13.4. The molecule has 2 saturated heterocycles. The Balaban J connectivity index is 1.83. The molecule has 0 aromatic heterocycles. The van der Waals surface area contributed by atoms with Crippen LogP contribution in [0.4, 0.5) is 4.79 Å². The summed E-state index contributed by atoms with van der Waals surface area (Å²) in [5.74, 6) is -0.402. The molecule has 0 bridgehead atoms. The van der Waals surface area contributed by atoms with Crippen LogP contribution in [-0.4, -0.2) is 47.4 Å². The molecule has 6 heteroatoms. The number of amides is 2. The van der Waals surface area contributed by atoms with Crippen molar-refractivity contribution in [2.75, 3.05) is 13.1 Å². The summed E-state index contributed by atoms with van der Waals surface area (Å²) in [6.07, 6.45) is 0.736. The Morgan fingerprint density at radius 2 is 2.10 bits per heavy atom. The Bertz CT molecular complexity index is 496. The van der Waals surface area contributed by atoms with Crippen molar-refractivity contribution >= 4 is 17.8 Å². The molecule has 20 heavy (non-hydrogen) atoms. The van der Waals surface area contributed by atoms with E-state index in [1.165, 1.54) is 4.90 Å². The van der Waals surface area contributed by atoms with Crippen LogP contribution < -0.4 is 5.32 Å². The molecule has 2 amide bonds. The molecule has 0 aromatic rings. The summed E-state index contributed by atoms with van der Waals surface area (Å²) in [7, 11) is 0. The second kappa shape index (κ2) is 3.96. The molecule has 1 aliphatic carbocycles. The summed E-state index contributed by atoms with van der Waals surface area (Å²) < 4.78 is 5.35. The molecule has 0 aromatic carbocycles. The van der Waals surface area contributed by atoms with E-state index in [-0.39, 0.29) is 24.3 Å². The first-order valence-corrected chi connectivity index (χ1v) is 7.05. The third kappa shape index (κ3) is 1.73. The summed E-state index contributed by atoms with van der Waals surface area (Å²) in [5.41, 5.74) is -1.28. The van der Waals surface area contributed by atoms with Crippen LogP contribution in [0.25, 0.3) is 0 Å². The molecule has 1 N–H and O–H groups in total. The van der Waals surface area contributed by atoms with Crippen molar-refractivity contribution in [3.63, 3.8) is 0 Å². The molecule has 0 radical (unpaired) electrons. The molecule has 110 valence electrons. The van der Waals surface area contributed by atoms with Crippen molar-refractivity contribution in [1.82, 2.24) is 10.2 Å². The zero-order valence-electron chi connectivity index (χ0n) is 12.1. The number of rotatable bonds is 0. The minimum atomic E-state index is -0.700. The Morgan fingerprint density at radius 1 is 1.40 bits per heavy atom. The van der Waals surface area contributed by atoms with E-state index in [9.17, 15) is 14.4 Å². The van der Waals surface area contributed by atoms with E-state index in [1.807, 2.05) is 0 Å². The second-order valence-electron chi connectivity index (χ2n) is 6.98. The fourth-order valence-corrected chi connectivity index (χ4v) is 3.73. The third-order valence-electron chi connectivity index (χ3n) is 4.56. The van der Waals surface area contributed by atoms with Gasteiger partial charge in [0.05, 0.1) is 11.3 Å². The van der Waals surface area contributed by atoms with Crippen LogP contribution in [0.5, 0.6) is 0 Å². The Kier molecular flexibility index (Phi) is 2.65. The predicted molar refractivity (Wildman–Crippen MR) is 69.9 cm³/mol. The molecule has 3 aliphatic rings. The van der Waals surface area contributed by atoms with E-state index in [2.05, 4.69) is 5.32 Å². The van der Waals surface area contributed by atoms with Crippen molar-refractivity contribution < 1.29 is 19.1 Å². The lowest BCUT2D eigenvalue weighted by Crippen LogP contribution is -2.44. The Hall–Kier alpha value is -1.59. The molecule has 3 unspecified atom stereocenters. The zero-order chi connectivity index (χ0) is 14.7. The van der Waals surface area contributed by atoms with E-state index in [0.29, 0.717) is 19.4 Å². The highest BCUT2D eigenvalue weighted by atomic mass is 16.6. The maximum atomic E-state index is 12.3. The van der Waals surface area contributed by atoms with Crippen LogP contribution in [0.1, 0.15) is 33.6 Å². The van der Waals surface area contributed by atoms with Crippen molar-refractivity contribution in [3.8, 4) is 0 Å². The Labute approximate surface area is 117 Å². The number of nitrogens with one attached hydrogen (secondary N) is 1. The van der Waals surface area contributed by atoms with E-state index >= 15 is 0 Å². The van der Waals surface area contributed by atoms with Gasteiger partial charge in [-0.05, 0) is 27.2 Å². The van der Waals surface area contributed by atoms with Crippen molar-refractivity contribution in [1.29, 1.82) is 0 Å². The average molecular weight is 280 g/mol. The van der Waals surface area contributed by atoms with Gasteiger partial charge >= 0.3 is 6.09 Å². The summed E-state index contributed by atoms with van der Waals surface area (Å²) in [4.78, 5) is 38.0. The van der Waals surface area contributed by atoms with Crippen molar-refractivity contribution in [2.24, 2.45) is 11.3 Å². The van der Waals surface area contributed by atoms with Crippen LogP contribution in [0.3, 0.4) is 0 Å². The lowest BCUT2D eigenvalue weighted by atomic mass is 9.76. The highest BCUT2D eigenvalue weighted by Gasteiger charge is 2.66. The van der Waals surface area contributed by atoms with Crippen LogP contribution in [0.15, 0.2) is 0 Å². The van der Waals surface area contributed by atoms with E-state index in [0.717, 1.165) is 0 Å². The number of likely N-dealkylation sites (tertiary alicyclic amines) is 1. The smallest absolute Gasteiger partial charge is 0.410 e. The van der Waals surface area contributed by atoms with Gasteiger partial charge in [-0.15, -0.1) is 0 Å². The zero-order valence-corrected chi connectivity index (χ0v) is 12.1. The molecule has 3 atom stereocenters. The number of nitrogens with zero attached hydrogens (tertiary/aromatic N) is 1. The number of ketones is 1. The average Bonchev–Trinajstić information content (AvgIpc) is 2.90. The second-order valence-corrected chi connectivity index (χ2v) is 6.98. The van der Waals surface area contributed by atoms with Gasteiger partial charge in [-0.25, -0.2) is 4.79 Å². The number of hydrogen-bond acceptors (Lipinski definition) is 4. The first-order chi connectivity index (χ1) is 9.24. The van der Waals surface area contributed by atoms with Gasteiger partial charge in [0.2, 0.25) is 5.91 Å². The molecule has 3 fully saturated rings. The Morgan fingerprint density at radius 3 is 2.75 bits per heavy atom. The lowest BCUT2D eigenvalue weighted by Gasteiger charge is -2.27. The van der Waals surface area contributed by atoms with Gasteiger partial charge in [0.1, 0.15) is 11.4 Å². The number of hydrogen-bond donors (Lipinski definition) is 1. The van der Waals surface area contributed by atoms with Gasteiger partial charge in [-0.2, -0.15) is 0 Å². The van der Waals surface area contributed by atoms with Crippen LogP contribution >= 0.6 is 0 Å². The minimum absolute atomic E-state index is 0.103. The molecule has 3 rings (SSSR count). The van der Waals surface area contributed by atoms with Gasteiger partial charge in [0, 0.05) is 25.6 Å². The SMILES string of the molecule is CC(C)(C)OC(=O)N1CC2C(=O)NC3CCC(=O)C32C1. The van der Waals surface area contributed by atoms with Crippen molar-refractivity contribution in [2.45, 2.75) is 45.3 Å². The molecule has 2 aliphatic heterocycles. The quantitative estimate of drug-likeness (QED) is 0.708. The van der Waals surface area contributed by atoms with Crippen LogP contribution in [0, 0.1) is 11.3 Å². The fourth-order valence-electron chi connectivity index (χ4n) is 3.73. The van der Waals surface area contributed by atoms with Gasteiger partial charge in [0.25, 0.3) is 0 Å². The summed E-state index contributed by atoms with van der Waals surface area (Å²) in [6, 6.07) is -0.111. The molecule has 1 spiro atoms. The number of carbonyl (C=O) groups excluding carboxylic acids is 3. The van der Waals surface area contributed by atoms with Gasteiger partial charge in [-0.1, -0.05) is 0 Å². The molecular formula is C14H20N2O4. The van der Waals surface area contributed by atoms with E-state index in [4.69, 9.17) is 4.74 Å². The van der Waals surface area contributed by atoms with E-state index < -0.39 is 23.0 Å². The monoisotopic (exact) mass is 280 g/mol. The van der Waals surface area contributed by atoms with Crippen LogP contribution in [-0.2, 0) is 14.3 Å². The first-order valence-electron chi connectivity index (χ1n) is 7.05. The largest absolute Gasteiger partial charge is 0.444 e. The molecule has 6 nitrogen and oxygen atoms in total. The number of Topliss-reactive ketones (excluding diaryl/α,β-unsaturated/α-hetero) is 1. The number of carbonyl (C=O) groups is 3. The third-order valence-corrected chi connectivity index (χ3v) is 4.56. The van der Waals surface area contributed by atoms with E-state index in [1.54, 1.807) is 20.8 Å². The molecular weight excluding hydrogens is 260 g/mol. The summed E-state index contributed by atoms with van der Waals surface area (Å²) >= 11 is 0. The standard InChI is InChI=1S/C14H20N2O4/c1-13(2,3)20-12(19)16-6-8-11(18)15-9-4-5-10(17)14(8,9)7-16/h8-9H,4-7H2,1-3H3,(H,15,18). The topological polar surface area (TPSA) is 75.7 Å². The number of ether oxygens (including phenoxy) is 1.